The third kappa shape index (κ3) is 5.43. The number of hydrogen-bond acceptors (Lipinski definition) is 3. The van der Waals surface area contributed by atoms with Gasteiger partial charge in [0.05, 0.1) is 4.21 Å². The molecule has 0 aliphatic carbocycles. The van der Waals surface area contributed by atoms with Crippen molar-refractivity contribution < 1.29 is 13.7 Å². The molecule has 10 heavy (non-hydrogen) atoms. The maximum absolute atomic E-state index is 10.5. The van der Waals surface area contributed by atoms with Crippen LogP contribution in [0.3, 0.4) is 0 Å². The van der Waals surface area contributed by atoms with Gasteiger partial charge in [-0.3, -0.25) is 0 Å². The van der Waals surface area contributed by atoms with Crippen LogP contribution in [0, 0.1) is 0 Å². The first-order chi connectivity index (χ1) is 4.45. The summed E-state index contributed by atoms with van der Waals surface area (Å²) in [6.45, 7) is 5.17. The number of ether oxygens (including phenoxy) is 1. The van der Waals surface area contributed by atoms with Crippen molar-refractivity contribution in [1.29, 1.82) is 0 Å². The smallest absolute Gasteiger partial charge is 0.441 e. The minimum absolute atomic E-state index is 0.0241. The summed E-state index contributed by atoms with van der Waals surface area (Å²) in [6.07, 6.45) is -0.701. The SMILES string of the molecule is CC(C)(C)OC(=O)N[S+]=O. The van der Waals surface area contributed by atoms with Crippen LogP contribution >= 0.6 is 0 Å². The molecule has 0 atom stereocenters. The van der Waals surface area contributed by atoms with Crippen molar-refractivity contribution >= 4 is 17.9 Å². The number of carbonyl (C=O) groups is 1. The summed E-state index contributed by atoms with van der Waals surface area (Å²) in [7, 11) is 0. The number of amides is 1. The summed E-state index contributed by atoms with van der Waals surface area (Å²) in [4.78, 5) is 10.5. The number of rotatable bonds is 1. The molecule has 4 nitrogen and oxygen atoms in total. The van der Waals surface area contributed by atoms with Crippen LogP contribution in [0.4, 0.5) is 4.79 Å². The molecule has 58 valence electrons. The molecule has 0 saturated heterocycles. The van der Waals surface area contributed by atoms with Gasteiger partial charge >= 0.3 is 17.9 Å². The molecule has 1 N–H and O–H groups in total. The van der Waals surface area contributed by atoms with E-state index >= 15 is 0 Å². The first-order valence-electron chi connectivity index (χ1n) is 2.73. The van der Waals surface area contributed by atoms with E-state index in [2.05, 4.69) is 0 Å². The molecular formula is C5H10NO3S+. The first-order valence-corrected chi connectivity index (χ1v) is 3.47. The Morgan fingerprint density at radius 3 is 2.30 bits per heavy atom. The van der Waals surface area contributed by atoms with E-state index in [9.17, 15) is 9.00 Å². The van der Waals surface area contributed by atoms with E-state index in [1.807, 2.05) is 4.72 Å². The first kappa shape index (κ1) is 9.29. The maximum atomic E-state index is 10.5. The molecule has 0 spiro atoms. The predicted molar refractivity (Wildman–Crippen MR) is 37.4 cm³/mol. The molecule has 0 aromatic rings. The summed E-state index contributed by atoms with van der Waals surface area (Å²) >= 11 is -0.0241. The van der Waals surface area contributed by atoms with Crippen LogP contribution in [0.15, 0.2) is 0 Å². The highest BCUT2D eigenvalue weighted by Gasteiger charge is 2.19. The lowest BCUT2D eigenvalue weighted by Crippen LogP contribution is -2.30. The molecule has 0 heterocycles. The second kappa shape index (κ2) is 3.46. The zero-order valence-corrected chi connectivity index (χ0v) is 6.95. The van der Waals surface area contributed by atoms with Gasteiger partial charge in [0.2, 0.25) is 0 Å². The summed E-state index contributed by atoms with van der Waals surface area (Å²) < 4.78 is 16.3. The molecule has 1 amide bonds. The molecular weight excluding hydrogens is 154 g/mol. The summed E-state index contributed by atoms with van der Waals surface area (Å²) in [5.41, 5.74) is -0.542. The lowest BCUT2D eigenvalue weighted by atomic mass is 10.2. The second-order valence-corrected chi connectivity index (χ2v) is 3.06. The fourth-order valence-corrected chi connectivity index (χ4v) is 0.443. The molecule has 0 aromatic carbocycles. The van der Waals surface area contributed by atoms with E-state index in [4.69, 9.17) is 4.74 Å². The normalized spacial score (nSPS) is 10.3. The Bertz CT molecular complexity index is 140. The zero-order valence-electron chi connectivity index (χ0n) is 6.13. The Labute approximate surface area is 63.6 Å². The molecule has 0 rings (SSSR count). The summed E-state index contributed by atoms with van der Waals surface area (Å²) in [6, 6.07) is 0. The van der Waals surface area contributed by atoms with Gasteiger partial charge in [0.15, 0.2) is 0 Å². The van der Waals surface area contributed by atoms with E-state index in [0.717, 1.165) is 0 Å². The third-order valence-electron chi connectivity index (χ3n) is 0.524. The van der Waals surface area contributed by atoms with Crippen LogP contribution in [0.5, 0.6) is 0 Å². The Hall–Kier alpha value is -0.710. The van der Waals surface area contributed by atoms with Crippen molar-refractivity contribution in [1.82, 2.24) is 4.72 Å². The Morgan fingerprint density at radius 1 is 1.50 bits per heavy atom. The Balaban J connectivity index is 3.68. The molecule has 0 aliphatic heterocycles. The third-order valence-corrected chi connectivity index (χ3v) is 0.774. The lowest BCUT2D eigenvalue weighted by molar-refractivity contribution is 0.0573. The fourth-order valence-electron chi connectivity index (χ4n) is 0.333. The van der Waals surface area contributed by atoms with Gasteiger partial charge < -0.3 is 4.74 Å². The van der Waals surface area contributed by atoms with Gasteiger partial charge in [-0.05, 0) is 25.5 Å². The van der Waals surface area contributed by atoms with Gasteiger partial charge in [0.25, 0.3) is 0 Å². The standard InChI is InChI=1S/C5H9NO3S/c1-5(2,3)9-4(7)6-10-8/h1-3H3/p+1. The van der Waals surface area contributed by atoms with Crippen LogP contribution in [-0.4, -0.2) is 11.7 Å². The number of nitrogens with one attached hydrogen (secondary N) is 1. The molecule has 0 radical (unpaired) electrons. The van der Waals surface area contributed by atoms with Crippen LogP contribution in [0.2, 0.25) is 0 Å². The van der Waals surface area contributed by atoms with Gasteiger partial charge in [0.1, 0.15) is 5.60 Å². The van der Waals surface area contributed by atoms with Crippen molar-refractivity contribution in [2.75, 3.05) is 0 Å². The topological polar surface area (TPSA) is 55.4 Å². The number of hydrogen-bond donors (Lipinski definition) is 1. The molecule has 0 unspecified atom stereocenters. The average molecular weight is 164 g/mol. The molecule has 0 bridgehead atoms. The summed E-state index contributed by atoms with van der Waals surface area (Å²) in [5, 5.41) is 0. The van der Waals surface area contributed by atoms with Gasteiger partial charge in [0, 0.05) is 0 Å². The van der Waals surface area contributed by atoms with E-state index in [1.54, 1.807) is 20.8 Å². The van der Waals surface area contributed by atoms with Crippen LogP contribution < -0.4 is 4.72 Å². The highest BCUT2D eigenvalue weighted by Crippen LogP contribution is 2.05. The minimum Gasteiger partial charge on any atom is -0.441 e. The zero-order chi connectivity index (χ0) is 8.20. The van der Waals surface area contributed by atoms with E-state index in [0.29, 0.717) is 0 Å². The van der Waals surface area contributed by atoms with E-state index in [-0.39, 0.29) is 11.9 Å². The molecule has 5 heteroatoms. The van der Waals surface area contributed by atoms with Crippen molar-refractivity contribution in [3.05, 3.63) is 0 Å². The minimum atomic E-state index is -0.701. The average Bonchev–Trinajstić information content (AvgIpc) is 1.59. The second-order valence-electron chi connectivity index (χ2n) is 2.69. The maximum Gasteiger partial charge on any atom is 0.630 e. The van der Waals surface area contributed by atoms with E-state index in [1.165, 1.54) is 0 Å². The largest absolute Gasteiger partial charge is 0.630 e. The molecule has 0 aromatic heterocycles. The van der Waals surface area contributed by atoms with Gasteiger partial charge in [-0.25, -0.2) is 4.79 Å². The monoisotopic (exact) mass is 164 g/mol. The van der Waals surface area contributed by atoms with Crippen molar-refractivity contribution in [3.8, 4) is 0 Å². The van der Waals surface area contributed by atoms with Crippen LogP contribution in [0.1, 0.15) is 20.8 Å². The van der Waals surface area contributed by atoms with E-state index < -0.39 is 11.7 Å². The lowest BCUT2D eigenvalue weighted by Gasteiger charge is -2.16. The molecule has 0 fully saturated rings. The van der Waals surface area contributed by atoms with Crippen molar-refractivity contribution in [2.45, 2.75) is 26.4 Å². The summed E-state index contributed by atoms with van der Waals surface area (Å²) in [5.74, 6) is 0. The van der Waals surface area contributed by atoms with Gasteiger partial charge in [-0.1, -0.05) is 0 Å². The quantitative estimate of drug-likeness (QED) is 0.462. The van der Waals surface area contributed by atoms with Crippen molar-refractivity contribution in [2.24, 2.45) is 0 Å². The highest BCUT2D eigenvalue weighted by molar-refractivity contribution is 7.64. The van der Waals surface area contributed by atoms with Gasteiger partial charge in [-0.2, -0.15) is 0 Å². The predicted octanol–water partition coefficient (Wildman–Crippen LogP) is 0.854. The number of carbonyl (C=O) groups excluding carboxylic acids is 1. The highest BCUT2D eigenvalue weighted by atomic mass is 32.2. The Morgan fingerprint density at radius 2 is 2.00 bits per heavy atom. The van der Waals surface area contributed by atoms with Gasteiger partial charge in [-0.15, -0.1) is 0 Å². The molecule has 0 aliphatic rings. The molecule has 0 saturated carbocycles. The Kier molecular flexibility index (Phi) is 3.21. The van der Waals surface area contributed by atoms with Crippen LogP contribution in [0.25, 0.3) is 0 Å². The van der Waals surface area contributed by atoms with Crippen LogP contribution in [-0.2, 0) is 20.8 Å². The van der Waals surface area contributed by atoms with Crippen molar-refractivity contribution in [3.63, 3.8) is 0 Å². The fraction of sp³-hybridized carbons (Fsp3) is 0.800.